The molecule has 8 nitrogen and oxygen atoms in total. The molecule has 0 heterocycles. The number of sulfonamides is 2. The molecule has 0 spiro atoms. The molecule has 0 amide bonds. The number of carbonyl (C=O) groups excluding carboxylic acids is 1. The minimum Gasteiger partial charge on any atom is -0.462 e. The van der Waals surface area contributed by atoms with E-state index in [9.17, 15) is 21.6 Å². The van der Waals surface area contributed by atoms with Crippen LogP contribution in [0.5, 0.6) is 0 Å². The number of anilines is 2. The molecular formula is C16H17BrN2O6S2. The minimum atomic E-state index is -4.06. The Morgan fingerprint density at radius 2 is 1.63 bits per heavy atom. The fourth-order valence-electron chi connectivity index (χ4n) is 2.12. The third kappa shape index (κ3) is 5.68. The number of ether oxygens (including phenoxy) is 1. The predicted molar refractivity (Wildman–Crippen MR) is 106 cm³/mol. The monoisotopic (exact) mass is 476 g/mol. The highest BCUT2D eigenvalue weighted by molar-refractivity contribution is 9.10. The van der Waals surface area contributed by atoms with Gasteiger partial charge in [-0.2, -0.15) is 0 Å². The molecule has 2 N–H and O–H groups in total. The van der Waals surface area contributed by atoms with Gasteiger partial charge in [0, 0.05) is 4.47 Å². The van der Waals surface area contributed by atoms with Crippen molar-refractivity contribution in [2.24, 2.45) is 0 Å². The zero-order valence-electron chi connectivity index (χ0n) is 14.4. The standard InChI is InChI=1S/C16H17BrN2O6S2/c1-3-25-16(20)11-8-9-15(12(17)10-11)27(23,24)19-14-7-5-4-6-13(14)18-26(2,21)22/h4-10,18-19H,3H2,1-2H3. The highest BCUT2D eigenvalue weighted by atomic mass is 79.9. The Morgan fingerprint density at radius 1 is 1.04 bits per heavy atom. The predicted octanol–water partition coefficient (Wildman–Crippen LogP) is 2.80. The zero-order chi connectivity index (χ0) is 20.2. The van der Waals surface area contributed by atoms with Crippen molar-refractivity contribution in [3.63, 3.8) is 0 Å². The zero-order valence-corrected chi connectivity index (χ0v) is 17.6. The van der Waals surface area contributed by atoms with E-state index < -0.39 is 26.0 Å². The number of esters is 1. The van der Waals surface area contributed by atoms with Crippen LogP contribution in [0.2, 0.25) is 0 Å². The molecule has 0 aromatic heterocycles. The van der Waals surface area contributed by atoms with Gasteiger partial charge in [-0.25, -0.2) is 21.6 Å². The van der Waals surface area contributed by atoms with Gasteiger partial charge in [-0.1, -0.05) is 12.1 Å². The fraction of sp³-hybridized carbons (Fsp3) is 0.188. The molecule has 2 aromatic rings. The first-order valence-electron chi connectivity index (χ1n) is 7.60. The largest absolute Gasteiger partial charge is 0.462 e. The van der Waals surface area contributed by atoms with Crippen LogP contribution in [0.3, 0.4) is 0 Å². The van der Waals surface area contributed by atoms with Gasteiger partial charge in [0.2, 0.25) is 10.0 Å². The van der Waals surface area contributed by atoms with Gasteiger partial charge in [0.25, 0.3) is 10.0 Å². The van der Waals surface area contributed by atoms with Crippen LogP contribution in [-0.4, -0.2) is 35.7 Å². The van der Waals surface area contributed by atoms with Crippen LogP contribution in [0.1, 0.15) is 17.3 Å². The first-order valence-corrected chi connectivity index (χ1v) is 11.8. The molecule has 0 saturated carbocycles. The van der Waals surface area contributed by atoms with Crippen molar-refractivity contribution < 1.29 is 26.4 Å². The van der Waals surface area contributed by atoms with E-state index in [0.29, 0.717) is 0 Å². The summed E-state index contributed by atoms with van der Waals surface area (Å²) in [5.74, 6) is -0.571. The van der Waals surface area contributed by atoms with Crippen molar-refractivity contribution in [1.29, 1.82) is 0 Å². The molecule has 0 bridgehead atoms. The third-order valence-corrected chi connectivity index (χ3v) is 6.13. The number of para-hydroxylation sites is 2. The second-order valence-corrected chi connectivity index (χ2v) is 9.64. The molecule has 11 heteroatoms. The van der Waals surface area contributed by atoms with E-state index in [2.05, 4.69) is 25.4 Å². The van der Waals surface area contributed by atoms with Crippen molar-refractivity contribution >= 4 is 53.3 Å². The normalized spacial score (nSPS) is 11.7. The van der Waals surface area contributed by atoms with Crippen LogP contribution in [-0.2, 0) is 24.8 Å². The maximum Gasteiger partial charge on any atom is 0.338 e. The Labute approximate surface area is 166 Å². The van der Waals surface area contributed by atoms with Gasteiger partial charge in [-0.05, 0) is 53.2 Å². The van der Waals surface area contributed by atoms with Crippen molar-refractivity contribution in [3.05, 3.63) is 52.5 Å². The van der Waals surface area contributed by atoms with Crippen LogP contribution in [0.15, 0.2) is 51.8 Å². The summed E-state index contributed by atoms with van der Waals surface area (Å²) in [5.41, 5.74) is 0.342. The average molecular weight is 477 g/mol. The lowest BCUT2D eigenvalue weighted by Gasteiger charge is -2.14. The Morgan fingerprint density at radius 3 is 2.15 bits per heavy atom. The molecule has 0 aliphatic carbocycles. The lowest BCUT2D eigenvalue weighted by molar-refractivity contribution is 0.0526. The Kier molecular flexibility index (Phi) is 6.50. The topological polar surface area (TPSA) is 119 Å². The first-order chi connectivity index (χ1) is 12.5. The lowest BCUT2D eigenvalue weighted by atomic mass is 10.2. The molecule has 27 heavy (non-hydrogen) atoms. The summed E-state index contributed by atoms with van der Waals surface area (Å²) in [4.78, 5) is 11.6. The van der Waals surface area contributed by atoms with E-state index in [4.69, 9.17) is 4.74 Å². The number of hydrogen-bond donors (Lipinski definition) is 2. The average Bonchev–Trinajstić information content (AvgIpc) is 2.55. The van der Waals surface area contributed by atoms with E-state index in [1.165, 1.54) is 30.3 Å². The van der Waals surface area contributed by atoms with Gasteiger partial charge in [0.15, 0.2) is 0 Å². The first kappa shape index (κ1) is 21.2. The van der Waals surface area contributed by atoms with E-state index in [0.717, 1.165) is 6.26 Å². The number of carbonyl (C=O) groups is 1. The molecular weight excluding hydrogens is 460 g/mol. The van der Waals surface area contributed by atoms with E-state index in [-0.39, 0.29) is 32.9 Å². The fourth-order valence-corrected chi connectivity index (χ4v) is 4.86. The van der Waals surface area contributed by atoms with Gasteiger partial charge in [-0.3, -0.25) is 9.44 Å². The summed E-state index contributed by atoms with van der Waals surface area (Å²) >= 11 is 3.14. The summed E-state index contributed by atoms with van der Waals surface area (Å²) in [6.07, 6.45) is 0.961. The molecule has 146 valence electrons. The highest BCUT2D eigenvalue weighted by Gasteiger charge is 2.21. The van der Waals surface area contributed by atoms with Gasteiger partial charge >= 0.3 is 5.97 Å². The van der Waals surface area contributed by atoms with Gasteiger partial charge < -0.3 is 4.74 Å². The molecule has 0 unspecified atom stereocenters. The van der Waals surface area contributed by atoms with E-state index >= 15 is 0 Å². The number of halogens is 1. The summed E-state index contributed by atoms with van der Waals surface area (Å²) in [7, 11) is -7.65. The summed E-state index contributed by atoms with van der Waals surface area (Å²) in [5, 5.41) is 0. The summed E-state index contributed by atoms with van der Waals surface area (Å²) in [6.45, 7) is 1.86. The van der Waals surface area contributed by atoms with Crippen LogP contribution >= 0.6 is 15.9 Å². The molecule has 0 fully saturated rings. The lowest BCUT2D eigenvalue weighted by Crippen LogP contribution is -2.17. The molecule has 0 radical (unpaired) electrons. The number of benzene rings is 2. The van der Waals surface area contributed by atoms with Crippen LogP contribution < -0.4 is 9.44 Å². The maximum absolute atomic E-state index is 12.7. The van der Waals surface area contributed by atoms with Crippen LogP contribution in [0.4, 0.5) is 11.4 Å². The van der Waals surface area contributed by atoms with Crippen molar-refractivity contribution in [1.82, 2.24) is 0 Å². The minimum absolute atomic E-state index is 0.0595. The van der Waals surface area contributed by atoms with E-state index in [1.54, 1.807) is 19.1 Å². The summed E-state index contributed by atoms with van der Waals surface area (Å²) in [6, 6.07) is 9.90. The second kappa shape index (κ2) is 8.28. The quantitative estimate of drug-likeness (QED) is 0.592. The number of hydrogen-bond acceptors (Lipinski definition) is 6. The van der Waals surface area contributed by atoms with Crippen molar-refractivity contribution in [2.75, 3.05) is 22.3 Å². The number of rotatable bonds is 7. The molecule has 2 aromatic carbocycles. The van der Waals surface area contributed by atoms with Gasteiger partial charge in [0.05, 0.1) is 29.8 Å². The molecule has 0 aliphatic heterocycles. The van der Waals surface area contributed by atoms with Gasteiger partial charge in [-0.15, -0.1) is 0 Å². The Hall–Kier alpha value is -2.11. The molecule has 2 rings (SSSR count). The smallest absolute Gasteiger partial charge is 0.338 e. The van der Waals surface area contributed by atoms with Crippen LogP contribution in [0, 0.1) is 0 Å². The highest BCUT2D eigenvalue weighted by Crippen LogP contribution is 2.29. The SMILES string of the molecule is CCOC(=O)c1ccc(S(=O)(=O)Nc2ccccc2NS(C)(=O)=O)c(Br)c1. The molecule has 0 saturated heterocycles. The molecule has 0 atom stereocenters. The van der Waals surface area contributed by atoms with Crippen LogP contribution in [0.25, 0.3) is 0 Å². The Bertz CT molecular complexity index is 1070. The summed E-state index contributed by atoms with van der Waals surface area (Å²) < 4.78 is 58.0. The van der Waals surface area contributed by atoms with Gasteiger partial charge in [0.1, 0.15) is 4.90 Å². The van der Waals surface area contributed by atoms with Crippen molar-refractivity contribution in [2.45, 2.75) is 11.8 Å². The van der Waals surface area contributed by atoms with E-state index in [1.807, 2.05) is 0 Å². The Balaban J connectivity index is 2.37. The maximum atomic E-state index is 12.7. The molecule has 0 aliphatic rings. The number of nitrogens with one attached hydrogen (secondary N) is 2. The third-order valence-electron chi connectivity index (χ3n) is 3.20. The van der Waals surface area contributed by atoms with Crippen molar-refractivity contribution in [3.8, 4) is 0 Å². The second-order valence-electron chi connectivity index (χ2n) is 5.39.